The van der Waals surface area contributed by atoms with E-state index in [0.29, 0.717) is 22.1 Å². The molecule has 4 aromatic rings. The molecular weight excluding hydrogens is 292 g/mol. The zero-order chi connectivity index (χ0) is 15.7. The Morgan fingerprint density at radius 1 is 0.864 bits per heavy atom. The Hall–Kier alpha value is -3.70. The van der Waals surface area contributed by atoms with Gasteiger partial charge in [-0.05, 0) is 0 Å². The number of hydrogen-bond donors (Lipinski definition) is 6. The molecule has 0 spiro atoms. The Morgan fingerprint density at radius 3 is 2.36 bits per heavy atom. The lowest BCUT2D eigenvalue weighted by atomic mass is 10.4. The third-order valence-corrected chi connectivity index (χ3v) is 2.67. The van der Waals surface area contributed by atoms with Gasteiger partial charge in [0.2, 0.25) is 11.9 Å². The zero-order valence-electron chi connectivity index (χ0n) is 10.9. The smallest absolute Gasteiger partial charge is 0.278 e. The van der Waals surface area contributed by atoms with Crippen molar-refractivity contribution in [3.8, 4) is 0 Å². The minimum Gasteiger partial charge on any atom is -0.369 e. The fourth-order valence-electron chi connectivity index (χ4n) is 1.73. The maximum atomic E-state index is 11.0. The van der Waals surface area contributed by atoms with Crippen LogP contribution in [-0.2, 0) is 0 Å². The van der Waals surface area contributed by atoms with E-state index >= 15 is 0 Å². The second-order valence-corrected chi connectivity index (χ2v) is 4.16. The first kappa shape index (κ1) is 13.3. The number of rotatable bonds is 0. The molecule has 0 radical (unpaired) electrons. The van der Waals surface area contributed by atoms with E-state index in [0.717, 1.165) is 0 Å². The molecule has 12 nitrogen and oxygen atoms in total. The molecule has 0 aromatic carbocycles. The van der Waals surface area contributed by atoms with Crippen LogP contribution in [0.5, 0.6) is 0 Å². The van der Waals surface area contributed by atoms with Crippen LogP contribution in [0.1, 0.15) is 0 Å². The van der Waals surface area contributed by atoms with Crippen molar-refractivity contribution in [1.29, 1.82) is 0 Å². The number of nitrogens with two attached hydrogens (primary N) is 2. The molecule has 4 heterocycles. The Morgan fingerprint density at radius 2 is 1.55 bits per heavy atom. The molecule has 0 saturated heterocycles. The van der Waals surface area contributed by atoms with Gasteiger partial charge in [0.1, 0.15) is 16.4 Å². The van der Waals surface area contributed by atoms with Gasteiger partial charge in [-0.25, -0.2) is 4.98 Å². The normalized spacial score (nSPS) is 10.5. The number of nitrogens with zero attached hydrogens (tertiary/aromatic N) is 4. The van der Waals surface area contributed by atoms with E-state index in [1.807, 2.05) is 0 Å². The quantitative estimate of drug-likeness (QED) is 0.224. The number of nitrogen functional groups attached to an aromatic ring is 2. The first-order valence-corrected chi connectivity index (χ1v) is 5.92. The summed E-state index contributed by atoms with van der Waals surface area (Å²) in [6, 6.07) is 0. The van der Waals surface area contributed by atoms with E-state index in [1.54, 1.807) is 0 Å². The third kappa shape index (κ3) is 2.35. The average molecular weight is 302 g/mol. The monoisotopic (exact) mass is 302 g/mol. The van der Waals surface area contributed by atoms with E-state index in [9.17, 15) is 9.59 Å². The Bertz CT molecular complexity index is 969. The van der Waals surface area contributed by atoms with Gasteiger partial charge in [0.15, 0.2) is 5.65 Å². The summed E-state index contributed by atoms with van der Waals surface area (Å²) in [7, 11) is 0. The highest BCUT2D eigenvalue weighted by atomic mass is 16.1. The van der Waals surface area contributed by atoms with Crippen molar-refractivity contribution in [3.63, 3.8) is 0 Å². The van der Waals surface area contributed by atoms with Crippen molar-refractivity contribution in [2.45, 2.75) is 0 Å². The number of fused-ring (bicyclic) bond motifs is 2. The number of H-pyrrole nitrogens is 4. The summed E-state index contributed by atoms with van der Waals surface area (Å²) in [4.78, 5) is 34.4. The van der Waals surface area contributed by atoms with Gasteiger partial charge in [-0.1, -0.05) is 0 Å². The molecule has 0 aliphatic rings. The highest BCUT2D eigenvalue weighted by Gasteiger charge is 2.02. The van der Waals surface area contributed by atoms with Gasteiger partial charge in [0.05, 0.1) is 12.4 Å². The molecule has 22 heavy (non-hydrogen) atoms. The SMILES string of the molecule is Nc1nc2[nH]ncc2c(=O)[nH]1.Nc1nc2cn[nH]c2c(=O)[nH]1. The summed E-state index contributed by atoms with van der Waals surface area (Å²) in [5.74, 6) is 0.190. The molecule has 8 N–H and O–H groups in total. The summed E-state index contributed by atoms with van der Waals surface area (Å²) in [6.45, 7) is 0. The van der Waals surface area contributed by atoms with E-state index < -0.39 is 0 Å². The van der Waals surface area contributed by atoms with Crippen molar-refractivity contribution >= 4 is 34.0 Å². The van der Waals surface area contributed by atoms with E-state index in [-0.39, 0.29) is 23.0 Å². The number of nitrogens with one attached hydrogen (secondary N) is 4. The fourth-order valence-corrected chi connectivity index (χ4v) is 1.73. The Labute approximate surface area is 120 Å². The van der Waals surface area contributed by atoms with Crippen molar-refractivity contribution in [2.75, 3.05) is 11.5 Å². The molecule has 12 heteroatoms. The van der Waals surface area contributed by atoms with E-state index in [1.165, 1.54) is 12.4 Å². The van der Waals surface area contributed by atoms with Gasteiger partial charge >= 0.3 is 0 Å². The maximum absolute atomic E-state index is 11.0. The number of aromatic amines is 4. The van der Waals surface area contributed by atoms with Gasteiger partial charge in [0.25, 0.3) is 11.1 Å². The molecule has 0 fully saturated rings. The van der Waals surface area contributed by atoms with Crippen LogP contribution >= 0.6 is 0 Å². The predicted molar refractivity (Wildman–Crippen MR) is 77.8 cm³/mol. The lowest BCUT2D eigenvalue weighted by Gasteiger charge is -1.89. The van der Waals surface area contributed by atoms with Crippen LogP contribution in [0.25, 0.3) is 22.1 Å². The van der Waals surface area contributed by atoms with E-state index in [2.05, 4.69) is 40.3 Å². The highest BCUT2D eigenvalue weighted by Crippen LogP contribution is 2.01. The van der Waals surface area contributed by atoms with Crippen LogP contribution < -0.4 is 22.6 Å². The van der Waals surface area contributed by atoms with Crippen LogP contribution in [0.2, 0.25) is 0 Å². The van der Waals surface area contributed by atoms with Crippen molar-refractivity contribution < 1.29 is 0 Å². The Kier molecular flexibility index (Phi) is 3.02. The number of aromatic nitrogens is 8. The van der Waals surface area contributed by atoms with Crippen molar-refractivity contribution in [3.05, 3.63) is 33.1 Å². The topological polar surface area (TPSA) is 201 Å². The van der Waals surface area contributed by atoms with Gasteiger partial charge in [-0.15, -0.1) is 0 Å². The average Bonchev–Trinajstić information content (AvgIpc) is 3.07. The number of anilines is 2. The van der Waals surface area contributed by atoms with Crippen LogP contribution in [0, 0.1) is 0 Å². The summed E-state index contributed by atoms with van der Waals surface area (Å²) < 4.78 is 0. The molecule has 112 valence electrons. The van der Waals surface area contributed by atoms with Gasteiger partial charge < -0.3 is 11.5 Å². The van der Waals surface area contributed by atoms with Gasteiger partial charge in [0, 0.05) is 0 Å². The summed E-state index contributed by atoms with van der Waals surface area (Å²) in [5, 5.41) is 12.7. The molecule has 0 aliphatic heterocycles. The second kappa shape index (κ2) is 5.01. The van der Waals surface area contributed by atoms with E-state index in [4.69, 9.17) is 11.5 Å². The number of hydrogen-bond acceptors (Lipinski definition) is 8. The molecule has 0 bridgehead atoms. The lowest BCUT2D eigenvalue weighted by Crippen LogP contribution is -2.10. The fraction of sp³-hybridized carbons (Fsp3) is 0. The van der Waals surface area contributed by atoms with Gasteiger partial charge in [-0.2, -0.15) is 15.2 Å². The van der Waals surface area contributed by atoms with Crippen molar-refractivity contribution in [1.82, 2.24) is 40.3 Å². The van der Waals surface area contributed by atoms with Gasteiger partial charge in [-0.3, -0.25) is 29.8 Å². The zero-order valence-corrected chi connectivity index (χ0v) is 10.9. The van der Waals surface area contributed by atoms with Crippen LogP contribution in [-0.4, -0.2) is 40.3 Å². The molecular formula is C10H10N10O2. The molecule has 0 amide bonds. The maximum Gasteiger partial charge on any atom is 0.278 e. The predicted octanol–water partition coefficient (Wildman–Crippen LogP) is -1.54. The molecule has 0 unspecified atom stereocenters. The van der Waals surface area contributed by atoms with Crippen molar-refractivity contribution in [2.24, 2.45) is 0 Å². The standard InChI is InChI=1S/2C5H5N5O/c6-5-8-2-1-7-10-3(2)4(11)9-5;6-5-8-3-2(1-7-10-3)4(11)9-5/h1H,(H,7,10)(H3,6,8,9,11);1H,(H4,6,7,8,9,10,11). The largest absolute Gasteiger partial charge is 0.369 e. The molecule has 4 rings (SSSR count). The highest BCUT2D eigenvalue weighted by molar-refractivity contribution is 5.73. The molecule has 0 atom stereocenters. The first-order chi connectivity index (χ1) is 10.5. The minimum atomic E-state index is -0.301. The minimum absolute atomic E-state index is 0.0896. The second-order valence-electron chi connectivity index (χ2n) is 4.16. The molecule has 0 aliphatic carbocycles. The third-order valence-electron chi connectivity index (χ3n) is 2.67. The lowest BCUT2D eigenvalue weighted by molar-refractivity contribution is 1.09. The Balaban J connectivity index is 0.000000131. The van der Waals surface area contributed by atoms with Crippen LogP contribution in [0.3, 0.4) is 0 Å². The summed E-state index contributed by atoms with van der Waals surface area (Å²) in [5.41, 5.74) is 11.2. The van der Waals surface area contributed by atoms with Crippen LogP contribution in [0.15, 0.2) is 22.0 Å². The summed E-state index contributed by atoms with van der Waals surface area (Å²) in [6.07, 6.45) is 2.85. The van der Waals surface area contributed by atoms with Crippen LogP contribution in [0.4, 0.5) is 11.9 Å². The molecule has 0 saturated carbocycles. The first-order valence-electron chi connectivity index (χ1n) is 5.92. The molecule has 4 aromatic heterocycles. The summed E-state index contributed by atoms with van der Waals surface area (Å²) >= 11 is 0.